The quantitative estimate of drug-likeness (QED) is 0.819. The maximum absolute atomic E-state index is 11.0. The number of halogens is 1. The molecule has 0 saturated carbocycles. The highest BCUT2D eigenvalue weighted by Crippen LogP contribution is 2.28. The summed E-state index contributed by atoms with van der Waals surface area (Å²) in [5.74, 6) is 0.304. The van der Waals surface area contributed by atoms with Gasteiger partial charge in [0.25, 0.3) is 0 Å². The minimum absolute atomic E-state index is 0.458. The molecule has 0 aliphatic carbocycles. The summed E-state index contributed by atoms with van der Waals surface area (Å²) in [5, 5.41) is 0. The van der Waals surface area contributed by atoms with Gasteiger partial charge in [0.05, 0.1) is 5.54 Å². The molecule has 1 unspecified atom stereocenters. The number of nitrogens with two attached hydrogens (primary N) is 2. The number of rotatable bonds is 5. The predicted molar refractivity (Wildman–Crippen MR) is 71.3 cm³/mol. The van der Waals surface area contributed by atoms with Crippen molar-refractivity contribution in [3.63, 3.8) is 0 Å². The molecule has 0 aliphatic heterocycles. The summed E-state index contributed by atoms with van der Waals surface area (Å²) in [7, 11) is 0. The van der Waals surface area contributed by atoms with Gasteiger partial charge in [-0.1, -0.05) is 12.1 Å². The highest BCUT2D eigenvalue weighted by atomic mass is 79.9. The Morgan fingerprint density at radius 2 is 2.12 bits per heavy atom. The molecule has 3 nitrogen and oxygen atoms in total. The van der Waals surface area contributed by atoms with Crippen molar-refractivity contribution in [3.8, 4) is 0 Å². The van der Waals surface area contributed by atoms with Crippen LogP contribution in [-0.4, -0.2) is 17.2 Å². The van der Waals surface area contributed by atoms with Crippen molar-refractivity contribution < 1.29 is 4.79 Å². The highest BCUT2D eigenvalue weighted by molar-refractivity contribution is 9.10. The fourth-order valence-electron chi connectivity index (χ4n) is 1.06. The van der Waals surface area contributed by atoms with Gasteiger partial charge in [0.1, 0.15) is 0 Å². The zero-order valence-electron chi connectivity index (χ0n) is 9.07. The molecule has 0 aromatic heterocycles. The van der Waals surface area contributed by atoms with Gasteiger partial charge in [-0.05, 0) is 41.4 Å². The molecule has 0 aliphatic rings. The molecule has 0 spiro atoms. The summed E-state index contributed by atoms with van der Waals surface area (Å²) in [6, 6.07) is 7.94. The summed E-state index contributed by atoms with van der Waals surface area (Å²) in [6.07, 6.45) is 0.564. The largest absolute Gasteiger partial charge is 0.368 e. The van der Waals surface area contributed by atoms with Gasteiger partial charge in [0.15, 0.2) is 0 Å². The second-order valence-electron chi connectivity index (χ2n) is 3.81. The van der Waals surface area contributed by atoms with Crippen molar-refractivity contribution in [1.82, 2.24) is 0 Å². The Balaban J connectivity index is 2.48. The van der Waals surface area contributed by atoms with E-state index in [4.69, 9.17) is 11.5 Å². The van der Waals surface area contributed by atoms with Gasteiger partial charge in [-0.25, -0.2) is 0 Å². The van der Waals surface area contributed by atoms with E-state index >= 15 is 0 Å². The average molecular weight is 303 g/mol. The second-order valence-corrected chi connectivity index (χ2v) is 5.80. The van der Waals surface area contributed by atoms with Crippen LogP contribution in [0.5, 0.6) is 0 Å². The summed E-state index contributed by atoms with van der Waals surface area (Å²) >= 11 is 5.12. The van der Waals surface area contributed by atoms with Gasteiger partial charge < -0.3 is 11.5 Å². The first-order valence-electron chi connectivity index (χ1n) is 4.89. The number of hydrogen-bond acceptors (Lipinski definition) is 3. The molecule has 1 amide bonds. The maximum Gasteiger partial charge on any atom is 0.237 e. The van der Waals surface area contributed by atoms with E-state index in [0.29, 0.717) is 6.42 Å². The zero-order chi connectivity index (χ0) is 12.2. The number of amides is 1. The van der Waals surface area contributed by atoms with Crippen LogP contribution in [0, 0.1) is 0 Å². The van der Waals surface area contributed by atoms with Gasteiger partial charge in [-0.15, -0.1) is 11.8 Å². The van der Waals surface area contributed by atoms with E-state index in [1.54, 1.807) is 18.7 Å². The normalized spacial score (nSPS) is 14.4. The van der Waals surface area contributed by atoms with Crippen molar-refractivity contribution >= 4 is 33.6 Å². The average Bonchev–Trinajstić information content (AvgIpc) is 2.20. The third-order valence-electron chi connectivity index (χ3n) is 2.28. The third-order valence-corrected chi connectivity index (χ3v) is 4.31. The first kappa shape index (κ1) is 13.5. The molecule has 16 heavy (non-hydrogen) atoms. The second kappa shape index (κ2) is 5.70. The minimum atomic E-state index is -0.922. The molecular formula is C11H15BrN2OS. The molecule has 88 valence electrons. The van der Waals surface area contributed by atoms with Crippen LogP contribution in [0.1, 0.15) is 13.3 Å². The molecular weight excluding hydrogens is 288 g/mol. The van der Waals surface area contributed by atoms with Gasteiger partial charge in [0, 0.05) is 15.1 Å². The fourth-order valence-corrected chi connectivity index (χ4v) is 2.81. The molecule has 0 fully saturated rings. The predicted octanol–water partition coefficient (Wildman–Crippen LogP) is 2.13. The van der Waals surface area contributed by atoms with Crippen molar-refractivity contribution in [1.29, 1.82) is 0 Å². The van der Waals surface area contributed by atoms with E-state index in [2.05, 4.69) is 15.9 Å². The molecule has 1 aromatic carbocycles. The molecule has 1 atom stereocenters. The van der Waals surface area contributed by atoms with Crippen molar-refractivity contribution in [2.45, 2.75) is 23.8 Å². The fraction of sp³-hybridized carbons (Fsp3) is 0.364. The van der Waals surface area contributed by atoms with E-state index in [1.165, 1.54) is 0 Å². The summed E-state index contributed by atoms with van der Waals surface area (Å²) in [5.41, 5.74) is 10.0. The maximum atomic E-state index is 11.0. The van der Waals surface area contributed by atoms with Crippen LogP contribution in [0.3, 0.4) is 0 Å². The lowest BCUT2D eigenvalue weighted by Crippen LogP contribution is -2.49. The number of primary amides is 1. The van der Waals surface area contributed by atoms with Crippen molar-refractivity contribution in [2.24, 2.45) is 11.5 Å². The van der Waals surface area contributed by atoms with Crippen LogP contribution < -0.4 is 11.5 Å². The third kappa shape index (κ3) is 3.81. The van der Waals surface area contributed by atoms with E-state index in [0.717, 1.165) is 15.1 Å². The lowest BCUT2D eigenvalue weighted by molar-refractivity contribution is -0.122. The smallest absolute Gasteiger partial charge is 0.237 e. The summed E-state index contributed by atoms with van der Waals surface area (Å²) in [6.45, 7) is 1.66. The van der Waals surface area contributed by atoms with Gasteiger partial charge in [0.2, 0.25) is 5.91 Å². The van der Waals surface area contributed by atoms with Crippen LogP contribution in [0.2, 0.25) is 0 Å². The van der Waals surface area contributed by atoms with Gasteiger partial charge >= 0.3 is 0 Å². The van der Waals surface area contributed by atoms with E-state index in [9.17, 15) is 4.79 Å². The monoisotopic (exact) mass is 302 g/mol. The molecule has 1 aromatic rings. The Morgan fingerprint density at radius 3 is 2.69 bits per heavy atom. The lowest BCUT2D eigenvalue weighted by atomic mass is 10.0. The number of carbonyl (C=O) groups is 1. The van der Waals surface area contributed by atoms with Gasteiger partial charge in [-0.2, -0.15) is 0 Å². The number of benzene rings is 1. The zero-order valence-corrected chi connectivity index (χ0v) is 11.5. The molecule has 5 heteroatoms. The molecule has 0 saturated heterocycles. The van der Waals surface area contributed by atoms with Crippen molar-refractivity contribution in [2.75, 3.05) is 5.75 Å². The van der Waals surface area contributed by atoms with E-state index < -0.39 is 11.4 Å². The van der Waals surface area contributed by atoms with Crippen LogP contribution >= 0.6 is 27.7 Å². The number of hydrogen-bond donors (Lipinski definition) is 2. The lowest BCUT2D eigenvalue weighted by Gasteiger charge is -2.19. The van der Waals surface area contributed by atoms with E-state index in [1.807, 2.05) is 24.3 Å². The van der Waals surface area contributed by atoms with Gasteiger partial charge in [-0.3, -0.25) is 4.79 Å². The Morgan fingerprint density at radius 1 is 1.50 bits per heavy atom. The van der Waals surface area contributed by atoms with Crippen LogP contribution in [0.4, 0.5) is 0 Å². The van der Waals surface area contributed by atoms with E-state index in [-0.39, 0.29) is 0 Å². The number of carbonyl (C=O) groups excluding carboxylic acids is 1. The van der Waals surface area contributed by atoms with Crippen LogP contribution in [0.15, 0.2) is 33.6 Å². The minimum Gasteiger partial charge on any atom is -0.368 e. The van der Waals surface area contributed by atoms with Crippen molar-refractivity contribution in [3.05, 3.63) is 28.7 Å². The number of thioether (sulfide) groups is 1. The first-order valence-corrected chi connectivity index (χ1v) is 6.67. The van der Waals surface area contributed by atoms with Crippen LogP contribution in [-0.2, 0) is 4.79 Å². The highest BCUT2D eigenvalue weighted by Gasteiger charge is 2.24. The topological polar surface area (TPSA) is 69.1 Å². The molecule has 0 heterocycles. The summed E-state index contributed by atoms with van der Waals surface area (Å²) in [4.78, 5) is 12.2. The Bertz CT molecular complexity index is 382. The summed E-state index contributed by atoms with van der Waals surface area (Å²) < 4.78 is 1.05. The SMILES string of the molecule is CC(N)(CCSc1ccccc1Br)C(N)=O. The Hall–Kier alpha value is -0.520. The Kier molecular flexibility index (Phi) is 4.83. The molecule has 0 bridgehead atoms. The Labute approximate surface area is 108 Å². The molecule has 0 radical (unpaired) electrons. The molecule has 4 N–H and O–H groups in total. The molecule has 1 rings (SSSR count). The first-order chi connectivity index (χ1) is 7.43. The standard InChI is InChI=1S/C11H15BrN2OS/c1-11(14,10(13)15)6-7-16-9-5-3-2-4-8(9)12/h2-5H,6-7,14H2,1H3,(H2,13,15). The van der Waals surface area contributed by atoms with Crippen LogP contribution in [0.25, 0.3) is 0 Å².